The number of amides is 2. The number of rotatable bonds is 5. The van der Waals surface area contributed by atoms with Crippen LogP contribution in [0.2, 0.25) is 0 Å². The van der Waals surface area contributed by atoms with E-state index in [-0.39, 0.29) is 25.0 Å². The molecular weight excluding hydrogens is 240 g/mol. The first-order valence-electron chi connectivity index (χ1n) is 6.09. The Hall–Kier alpha value is -1.34. The fourth-order valence-corrected chi connectivity index (χ4v) is 1.80. The second kappa shape index (κ2) is 7.17. The van der Waals surface area contributed by atoms with Gasteiger partial charge < -0.3 is 25.2 Å². The number of urea groups is 1. The smallest absolute Gasteiger partial charge is 0.332 e. The van der Waals surface area contributed by atoms with Crippen LogP contribution in [0.5, 0.6) is 0 Å². The summed E-state index contributed by atoms with van der Waals surface area (Å²) in [4.78, 5) is 23.9. The van der Waals surface area contributed by atoms with Crippen LogP contribution in [0.1, 0.15) is 19.8 Å². The van der Waals surface area contributed by atoms with E-state index in [2.05, 4.69) is 5.32 Å². The molecule has 1 unspecified atom stereocenters. The van der Waals surface area contributed by atoms with Gasteiger partial charge in [-0.1, -0.05) is 6.92 Å². The van der Waals surface area contributed by atoms with Gasteiger partial charge in [-0.2, -0.15) is 0 Å². The lowest BCUT2D eigenvalue weighted by Gasteiger charge is -2.35. The van der Waals surface area contributed by atoms with Crippen molar-refractivity contribution >= 4 is 12.0 Å². The molecule has 0 radical (unpaired) electrons. The summed E-state index contributed by atoms with van der Waals surface area (Å²) >= 11 is 0. The molecule has 0 aromatic carbocycles. The van der Waals surface area contributed by atoms with Gasteiger partial charge in [-0.05, 0) is 6.42 Å². The topological polar surface area (TPSA) is 99.1 Å². The minimum atomic E-state index is -1.43. The molecular formula is C11H20N2O5. The first-order chi connectivity index (χ1) is 8.56. The maximum absolute atomic E-state index is 11.8. The van der Waals surface area contributed by atoms with E-state index in [1.54, 1.807) is 4.90 Å². The molecule has 2 amide bonds. The van der Waals surface area contributed by atoms with Gasteiger partial charge >= 0.3 is 12.0 Å². The van der Waals surface area contributed by atoms with Crippen LogP contribution in [0.15, 0.2) is 0 Å². The molecule has 104 valence electrons. The van der Waals surface area contributed by atoms with Crippen molar-refractivity contribution < 1.29 is 24.5 Å². The molecule has 1 heterocycles. The van der Waals surface area contributed by atoms with Crippen LogP contribution >= 0.6 is 0 Å². The molecule has 7 heteroatoms. The summed E-state index contributed by atoms with van der Waals surface area (Å²) in [7, 11) is 0. The van der Waals surface area contributed by atoms with Crippen molar-refractivity contribution in [3.05, 3.63) is 0 Å². The van der Waals surface area contributed by atoms with Crippen LogP contribution in [0.4, 0.5) is 4.79 Å². The summed E-state index contributed by atoms with van der Waals surface area (Å²) in [5.74, 6) is -1.28. The number of hydrogen-bond acceptors (Lipinski definition) is 4. The number of morpholine rings is 1. The molecule has 0 aliphatic carbocycles. The number of nitrogens with zero attached hydrogens (tertiary/aromatic N) is 1. The average Bonchev–Trinajstić information content (AvgIpc) is 2.38. The molecule has 0 aromatic rings. The molecule has 0 spiro atoms. The fraction of sp³-hybridized carbons (Fsp3) is 0.818. The number of hydrogen-bond donors (Lipinski definition) is 3. The Morgan fingerprint density at radius 2 is 2.28 bits per heavy atom. The lowest BCUT2D eigenvalue weighted by Crippen LogP contribution is -2.52. The third-order valence-corrected chi connectivity index (χ3v) is 2.94. The van der Waals surface area contributed by atoms with E-state index in [4.69, 9.17) is 14.9 Å². The predicted molar refractivity (Wildman–Crippen MR) is 63.3 cm³/mol. The van der Waals surface area contributed by atoms with Crippen LogP contribution in [0.25, 0.3) is 0 Å². The Kier molecular flexibility index (Phi) is 5.87. The van der Waals surface area contributed by atoms with Crippen molar-refractivity contribution in [3.63, 3.8) is 0 Å². The standard InChI is InChI=1S/C11H20N2O5/c1-2-8-7-18-6-5-13(8)11(17)12-4-3-9(14)10(15)16/h8-9,14H,2-7H2,1H3,(H,12,17)(H,15,16)/t8?,9-/m0/s1. The van der Waals surface area contributed by atoms with Gasteiger partial charge in [0.25, 0.3) is 0 Å². The third-order valence-electron chi connectivity index (χ3n) is 2.94. The zero-order valence-electron chi connectivity index (χ0n) is 10.5. The summed E-state index contributed by atoms with van der Waals surface area (Å²) < 4.78 is 5.29. The van der Waals surface area contributed by atoms with Crippen molar-refractivity contribution in [1.82, 2.24) is 10.2 Å². The number of carboxylic acids is 1. The van der Waals surface area contributed by atoms with Crippen LogP contribution in [-0.4, -0.2) is 65.6 Å². The molecule has 0 bridgehead atoms. The fourth-order valence-electron chi connectivity index (χ4n) is 1.80. The van der Waals surface area contributed by atoms with Gasteiger partial charge in [-0.15, -0.1) is 0 Å². The van der Waals surface area contributed by atoms with Gasteiger partial charge in [-0.3, -0.25) is 0 Å². The van der Waals surface area contributed by atoms with Crippen molar-refractivity contribution in [2.75, 3.05) is 26.3 Å². The second-order valence-electron chi connectivity index (χ2n) is 4.21. The van der Waals surface area contributed by atoms with E-state index in [9.17, 15) is 9.59 Å². The van der Waals surface area contributed by atoms with Crippen LogP contribution in [-0.2, 0) is 9.53 Å². The largest absolute Gasteiger partial charge is 0.479 e. The first-order valence-corrected chi connectivity index (χ1v) is 6.09. The van der Waals surface area contributed by atoms with E-state index in [1.165, 1.54) is 0 Å². The number of ether oxygens (including phenoxy) is 1. The highest BCUT2D eigenvalue weighted by Crippen LogP contribution is 2.10. The number of carboxylic acid groups (broad SMARTS) is 1. The van der Waals surface area contributed by atoms with E-state index in [0.29, 0.717) is 19.8 Å². The molecule has 0 aromatic heterocycles. The van der Waals surface area contributed by atoms with E-state index in [1.807, 2.05) is 6.92 Å². The SMILES string of the molecule is CCC1COCCN1C(=O)NCC[C@H](O)C(=O)O. The highest BCUT2D eigenvalue weighted by atomic mass is 16.5. The summed E-state index contributed by atoms with van der Waals surface area (Å²) in [6.45, 7) is 3.70. The Morgan fingerprint density at radius 1 is 1.56 bits per heavy atom. The minimum Gasteiger partial charge on any atom is -0.479 e. The van der Waals surface area contributed by atoms with Gasteiger partial charge in [0.1, 0.15) is 0 Å². The predicted octanol–water partition coefficient (Wildman–Crippen LogP) is -0.358. The minimum absolute atomic E-state index is 0.00219. The van der Waals surface area contributed by atoms with E-state index >= 15 is 0 Å². The van der Waals surface area contributed by atoms with Crippen LogP contribution in [0, 0.1) is 0 Å². The quantitative estimate of drug-likeness (QED) is 0.627. The number of aliphatic hydroxyl groups is 1. The highest BCUT2D eigenvalue weighted by molar-refractivity contribution is 5.75. The molecule has 1 fully saturated rings. The third kappa shape index (κ3) is 4.15. The molecule has 18 heavy (non-hydrogen) atoms. The first kappa shape index (κ1) is 14.7. The molecule has 7 nitrogen and oxygen atoms in total. The molecule has 1 saturated heterocycles. The molecule has 0 saturated carbocycles. The van der Waals surface area contributed by atoms with Gasteiger partial charge in [-0.25, -0.2) is 9.59 Å². The van der Waals surface area contributed by atoms with Crippen molar-refractivity contribution in [1.29, 1.82) is 0 Å². The maximum atomic E-state index is 11.8. The number of aliphatic carboxylic acids is 1. The monoisotopic (exact) mass is 260 g/mol. The maximum Gasteiger partial charge on any atom is 0.332 e. The number of nitrogens with one attached hydrogen (secondary N) is 1. The number of carbonyl (C=O) groups excluding carboxylic acids is 1. The highest BCUT2D eigenvalue weighted by Gasteiger charge is 2.25. The summed E-state index contributed by atoms with van der Waals surface area (Å²) in [5.41, 5.74) is 0. The van der Waals surface area contributed by atoms with Gasteiger partial charge in [0.2, 0.25) is 0 Å². The zero-order chi connectivity index (χ0) is 13.5. The number of carbonyl (C=O) groups is 2. The normalized spacial score (nSPS) is 21.4. The molecule has 1 aliphatic heterocycles. The van der Waals surface area contributed by atoms with Crippen molar-refractivity contribution in [3.8, 4) is 0 Å². The lowest BCUT2D eigenvalue weighted by atomic mass is 10.2. The summed E-state index contributed by atoms with van der Waals surface area (Å²) in [6, 6.07) is -0.175. The Balaban J connectivity index is 2.33. The lowest BCUT2D eigenvalue weighted by molar-refractivity contribution is -0.146. The van der Waals surface area contributed by atoms with Gasteiger partial charge in [0.05, 0.1) is 19.3 Å². The molecule has 1 rings (SSSR count). The summed E-state index contributed by atoms with van der Waals surface area (Å²) in [6.07, 6.45) is -0.620. The van der Waals surface area contributed by atoms with Crippen molar-refractivity contribution in [2.24, 2.45) is 0 Å². The Labute approximate surface area is 106 Å². The van der Waals surface area contributed by atoms with Crippen molar-refractivity contribution in [2.45, 2.75) is 31.9 Å². The van der Waals surface area contributed by atoms with Crippen LogP contribution in [0.3, 0.4) is 0 Å². The molecule has 3 N–H and O–H groups in total. The second-order valence-corrected chi connectivity index (χ2v) is 4.21. The van der Waals surface area contributed by atoms with E-state index < -0.39 is 12.1 Å². The molecule has 1 aliphatic rings. The van der Waals surface area contributed by atoms with Gasteiger partial charge in [0, 0.05) is 19.5 Å². The average molecular weight is 260 g/mol. The Bertz CT molecular complexity index is 297. The van der Waals surface area contributed by atoms with E-state index in [0.717, 1.165) is 6.42 Å². The number of aliphatic hydroxyl groups excluding tert-OH is 1. The van der Waals surface area contributed by atoms with Crippen LogP contribution < -0.4 is 5.32 Å². The Morgan fingerprint density at radius 3 is 2.89 bits per heavy atom. The van der Waals surface area contributed by atoms with Gasteiger partial charge in [0.15, 0.2) is 6.10 Å². The zero-order valence-corrected chi connectivity index (χ0v) is 10.5. The molecule has 2 atom stereocenters. The summed E-state index contributed by atoms with van der Waals surface area (Å²) in [5, 5.41) is 20.2.